The Labute approximate surface area is 128 Å². The van der Waals surface area contributed by atoms with Crippen LogP contribution in [0, 0.1) is 6.92 Å². The Hall–Kier alpha value is -0.910. The first-order valence-corrected chi connectivity index (χ1v) is 9.20. The first kappa shape index (κ1) is 16.5. The third-order valence-corrected chi connectivity index (χ3v) is 6.68. The Kier molecular flexibility index (Phi) is 5.07. The number of nitrogens with zero attached hydrogens (tertiary/aromatic N) is 1. The second-order valence-electron chi connectivity index (χ2n) is 5.97. The molecule has 0 bridgehead atoms. The van der Waals surface area contributed by atoms with Gasteiger partial charge in [0, 0.05) is 18.6 Å². The fraction of sp³-hybridized carbons (Fsp3) is 0.625. The molecule has 1 aromatic carbocycles. The molecular weight excluding hydrogens is 284 g/mol. The highest BCUT2D eigenvalue weighted by Gasteiger charge is 2.42. The zero-order valence-corrected chi connectivity index (χ0v) is 13.8. The minimum atomic E-state index is -3.48. The molecule has 1 fully saturated rings. The smallest absolute Gasteiger partial charge is 0.243 e. The van der Waals surface area contributed by atoms with Crippen LogP contribution in [0.15, 0.2) is 29.2 Å². The predicted molar refractivity (Wildman–Crippen MR) is 85.6 cm³/mol. The van der Waals surface area contributed by atoms with E-state index in [0.717, 1.165) is 31.2 Å². The third kappa shape index (κ3) is 3.15. The van der Waals surface area contributed by atoms with Gasteiger partial charge in [-0.25, -0.2) is 8.42 Å². The fourth-order valence-electron chi connectivity index (χ4n) is 3.36. The van der Waals surface area contributed by atoms with Gasteiger partial charge in [-0.2, -0.15) is 4.31 Å². The minimum Gasteiger partial charge on any atom is -0.329 e. The molecule has 0 atom stereocenters. The van der Waals surface area contributed by atoms with Crippen molar-refractivity contribution in [3.63, 3.8) is 0 Å². The topological polar surface area (TPSA) is 63.4 Å². The average Bonchev–Trinajstić information content (AvgIpc) is 2.49. The van der Waals surface area contributed by atoms with Gasteiger partial charge in [-0.1, -0.05) is 43.9 Å². The molecule has 1 saturated carbocycles. The van der Waals surface area contributed by atoms with Gasteiger partial charge in [0.1, 0.15) is 0 Å². The van der Waals surface area contributed by atoms with Crippen LogP contribution in [0.25, 0.3) is 0 Å². The number of benzene rings is 1. The van der Waals surface area contributed by atoms with E-state index in [0.29, 0.717) is 18.0 Å². The summed E-state index contributed by atoms with van der Waals surface area (Å²) >= 11 is 0. The maximum absolute atomic E-state index is 13.0. The maximum atomic E-state index is 13.0. The summed E-state index contributed by atoms with van der Waals surface area (Å²) < 4.78 is 27.7. The summed E-state index contributed by atoms with van der Waals surface area (Å²) in [6, 6.07) is 7.08. The van der Waals surface area contributed by atoms with Crippen LogP contribution in [-0.4, -0.2) is 31.4 Å². The molecule has 0 amide bonds. The van der Waals surface area contributed by atoms with Crippen molar-refractivity contribution in [1.82, 2.24) is 4.31 Å². The molecule has 21 heavy (non-hydrogen) atoms. The van der Waals surface area contributed by atoms with Crippen molar-refractivity contribution in [2.24, 2.45) is 5.73 Å². The van der Waals surface area contributed by atoms with E-state index >= 15 is 0 Å². The van der Waals surface area contributed by atoms with E-state index in [-0.39, 0.29) is 0 Å². The summed E-state index contributed by atoms with van der Waals surface area (Å²) in [6.45, 7) is 4.72. The monoisotopic (exact) mass is 310 g/mol. The van der Waals surface area contributed by atoms with Crippen LogP contribution in [0.2, 0.25) is 0 Å². The van der Waals surface area contributed by atoms with Gasteiger partial charge in [-0.05, 0) is 31.9 Å². The lowest BCUT2D eigenvalue weighted by molar-refractivity contribution is 0.141. The van der Waals surface area contributed by atoms with E-state index < -0.39 is 15.6 Å². The molecule has 1 aromatic rings. The molecule has 2 N–H and O–H groups in total. The molecular formula is C16H26N2O2S. The van der Waals surface area contributed by atoms with E-state index in [1.165, 1.54) is 6.42 Å². The zero-order valence-electron chi connectivity index (χ0n) is 13.0. The van der Waals surface area contributed by atoms with Crippen LogP contribution < -0.4 is 5.73 Å². The van der Waals surface area contributed by atoms with Crippen molar-refractivity contribution in [3.05, 3.63) is 29.8 Å². The van der Waals surface area contributed by atoms with E-state index in [1.54, 1.807) is 16.4 Å². The predicted octanol–water partition coefficient (Wildman–Crippen LogP) is 2.67. The molecule has 5 heteroatoms. The summed E-state index contributed by atoms with van der Waals surface area (Å²) in [5.41, 5.74) is 6.66. The molecule has 0 radical (unpaired) electrons. The molecule has 1 aliphatic rings. The molecule has 0 heterocycles. The summed E-state index contributed by atoms with van der Waals surface area (Å²) in [5.74, 6) is 0. The van der Waals surface area contributed by atoms with Gasteiger partial charge in [0.05, 0.1) is 4.90 Å². The number of hydrogen-bond donors (Lipinski definition) is 1. The lowest BCUT2D eigenvalue weighted by atomic mass is 9.81. The lowest BCUT2D eigenvalue weighted by Gasteiger charge is -2.44. The fourth-order valence-corrected chi connectivity index (χ4v) is 5.20. The molecule has 1 aliphatic carbocycles. The normalized spacial score (nSPS) is 18.9. The van der Waals surface area contributed by atoms with Gasteiger partial charge in [0.15, 0.2) is 0 Å². The number of rotatable bonds is 5. The van der Waals surface area contributed by atoms with Gasteiger partial charge < -0.3 is 5.73 Å². The lowest BCUT2D eigenvalue weighted by Crippen LogP contribution is -2.57. The van der Waals surface area contributed by atoms with Gasteiger partial charge in [-0.3, -0.25) is 0 Å². The minimum absolute atomic E-state index is 0.369. The summed E-state index contributed by atoms with van der Waals surface area (Å²) in [4.78, 5) is 0.369. The van der Waals surface area contributed by atoms with Crippen molar-refractivity contribution in [1.29, 1.82) is 0 Å². The number of sulfonamides is 1. The Morgan fingerprint density at radius 1 is 1.14 bits per heavy atom. The van der Waals surface area contributed by atoms with Crippen LogP contribution in [0.5, 0.6) is 0 Å². The highest BCUT2D eigenvalue weighted by Crippen LogP contribution is 2.36. The summed E-state index contributed by atoms with van der Waals surface area (Å²) in [7, 11) is -3.48. The van der Waals surface area contributed by atoms with Crippen molar-refractivity contribution in [2.75, 3.05) is 13.1 Å². The molecule has 118 valence electrons. The van der Waals surface area contributed by atoms with Crippen LogP contribution >= 0.6 is 0 Å². The van der Waals surface area contributed by atoms with Crippen molar-refractivity contribution in [3.8, 4) is 0 Å². The van der Waals surface area contributed by atoms with E-state index in [4.69, 9.17) is 5.73 Å². The number of hydrogen-bond acceptors (Lipinski definition) is 3. The summed E-state index contributed by atoms with van der Waals surface area (Å²) in [5, 5.41) is 0. The van der Waals surface area contributed by atoms with Gasteiger partial charge >= 0.3 is 0 Å². The molecule has 0 aliphatic heterocycles. The molecule has 0 aromatic heterocycles. The van der Waals surface area contributed by atoms with Crippen molar-refractivity contribution in [2.45, 2.75) is 56.4 Å². The van der Waals surface area contributed by atoms with Crippen molar-refractivity contribution < 1.29 is 8.42 Å². The standard InChI is InChI=1S/C16H26N2O2S/c1-3-18(16(13-17)11-5-4-6-12-16)21(19,20)15-9-7-14(2)8-10-15/h7-10H,3-6,11-13,17H2,1-2H3. The first-order chi connectivity index (χ1) is 9.96. The Bertz CT molecular complexity index is 560. The van der Waals surface area contributed by atoms with Crippen LogP contribution in [0.4, 0.5) is 0 Å². The Balaban J connectivity index is 2.41. The molecule has 0 spiro atoms. The SMILES string of the molecule is CCN(C1(CN)CCCCC1)S(=O)(=O)c1ccc(C)cc1. The quantitative estimate of drug-likeness (QED) is 0.909. The highest BCUT2D eigenvalue weighted by molar-refractivity contribution is 7.89. The Morgan fingerprint density at radius 3 is 2.19 bits per heavy atom. The molecule has 0 saturated heterocycles. The number of nitrogens with two attached hydrogens (primary N) is 1. The maximum Gasteiger partial charge on any atom is 0.243 e. The summed E-state index contributed by atoms with van der Waals surface area (Å²) in [6.07, 6.45) is 5.00. The highest BCUT2D eigenvalue weighted by atomic mass is 32.2. The molecule has 0 unspecified atom stereocenters. The number of aryl methyl sites for hydroxylation is 1. The average molecular weight is 310 g/mol. The van der Waals surface area contributed by atoms with Crippen molar-refractivity contribution >= 4 is 10.0 Å². The first-order valence-electron chi connectivity index (χ1n) is 7.76. The second kappa shape index (κ2) is 6.46. The van der Waals surface area contributed by atoms with Gasteiger partial charge in [0.25, 0.3) is 0 Å². The number of likely N-dealkylation sites (N-methyl/N-ethyl adjacent to an activating group) is 1. The van der Waals surface area contributed by atoms with Crippen LogP contribution in [0.3, 0.4) is 0 Å². The van der Waals surface area contributed by atoms with Crippen LogP contribution in [-0.2, 0) is 10.0 Å². The largest absolute Gasteiger partial charge is 0.329 e. The zero-order chi connectivity index (χ0) is 15.5. The van der Waals surface area contributed by atoms with Gasteiger partial charge in [0.2, 0.25) is 10.0 Å². The van der Waals surface area contributed by atoms with E-state index in [1.807, 2.05) is 26.0 Å². The van der Waals surface area contributed by atoms with Gasteiger partial charge in [-0.15, -0.1) is 0 Å². The Morgan fingerprint density at radius 2 is 1.71 bits per heavy atom. The second-order valence-corrected chi connectivity index (χ2v) is 7.83. The van der Waals surface area contributed by atoms with Crippen LogP contribution in [0.1, 0.15) is 44.6 Å². The van der Waals surface area contributed by atoms with E-state index in [2.05, 4.69) is 0 Å². The van der Waals surface area contributed by atoms with E-state index in [9.17, 15) is 8.42 Å². The molecule has 4 nitrogen and oxygen atoms in total. The third-order valence-electron chi connectivity index (χ3n) is 4.59. The molecule has 2 rings (SSSR count).